The number of amides is 2. The number of hydrogen-bond donors (Lipinski definition) is 3. The first-order chi connectivity index (χ1) is 11.2. The summed E-state index contributed by atoms with van der Waals surface area (Å²) in [5.41, 5.74) is 2.38. The SMILES string of the molecule is CCC(O)CCNC(=O)NCc1ccccc1N1CCCCC1. The Hall–Kier alpha value is -1.75. The third kappa shape index (κ3) is 5.75. The van der Waals surface area contributed by atoms with Gasteiger partial charge < -0.3 is 20.6 Å². The van der Waals surface area contributed by atoms with Crippen molar-refractivity contribution in [3.63, 3.8) is 0 Å². The lowest BCUT2D eigenvalue weighted by Gasteiger charge is -2.30. The van der Waals surface area contributed by atoms with E-state index in [1.54, 1.807) is 0 Å². The van der Waals surface area contributed by atoms with E-state index in [9.17, 15) is 9.90 Å². The third-order valence-electron chi connectivity index (χ3n) is 4.36. The number of piperidine rings is 1. The number of benzene rings is 1. The highest BCUT2D eigenvalue weighted by Gasteiger charge is 2.14. The summed E-state index contributed by atoms with van der Waals surface area (Å²) in [6, 6.07) is 8.10. The second kappa shape index (κ2) is 9.40. The molecule has 1 aliphatic rings. The lowest BCUT2D eigenvalue weighted by molar-refractivity contribution is 0.160. The number of nitrogens with one attached hydrogen (secondary N) is 2. The number of nitrogens with zero attached hydrogens (tertiary/aromatic N) is 1. The molecular formula is C18H29N3O2. The van der Waals surface area contributed by atoms with Gasteiger partial charge in [0.15, 0.2) is 0 Å². The maximum absolute atomic E-state index is 11.9. The Bertz CT molecular complexity index is 487. The van der Waals surface area contributed by atoms with Gasteiger partial charge in [-0.1, -0.05) is 25.1 Å². The maximum atomic E-state index is 11.9. The van der Waals surface area contributed by atoms with E-state index in [2.05, 4.69) is 33.7 Å². The molecule has 0 radical (unpaired) electrons. The summed E-state index contributed by atoms with van der Waals surface area (Å²) >= 11 is 0. The van der Waals surface area contributed by atoms with Crippen LogP contribution in [0.3, 0.4) is 0 Å². The van der Waals surface area contributed by atoms with Crippen LogP contribution < -0.4 is 15.5 Å². The third-order valence-corrected chi connectivity index (χ3v) is 4.36. The van der Waals surface area contributed by atoms with Gasteiger partial charge >= 0.3 is 6.03 Å². The normalized spacial score (nSPS) is 16.0. The molecule has 1 heterocycles. The Labute approximate surface area is 139 Å². The minimum atomic E-state index is -0.338. The Morgan fingerprint density at radius 3 is 2.70 bits per heavy atom. The molecule has 0 aliphatic carbocycles. The van der Waals surface area contributed by atoms with Gasteiger partial charge in [0.05, 0.1) is 6.10 Å². The van der Waals surface area contributed by atoms with Crippen LogP contribution in [0.1, 0.15) is 44.6 Å². The van der Waals surface area contributed by atoms with E-state index in [4.69, 9.17) is 0 Å². The second-order valence-corrected chi connectivity index (χ2v) is 6.14. The second-order valence-electron chi connectivity index (χ2n) is 6.14. The Morgan fingerprint density at radius 1 is 1.22 bits per heavy atom. The van der Waals surface area contributed by atoms with Crippen molar-refractivity contribution in [2.45, 2.75) is 51.7 Å². The molecule has 1 aromatic carbocycles. The number of carbonyl (C=O) groups is 1. The zero-order valence-corrected chi connectivity index (χ0v) is 14.1. The van der Waals surface area contributed by atoms with Crippen LogP contribution >= 0.6 is 0 Å². The van der Waals surface area contributed by atoms with Gasteiger partial charge in [0.1, 0.15) is 0 Å². The van der Waals surface area contributed by atoms with Crippen LogP contribution in [0, 0.1) is 0 Å². The van der Waals surface area contributed by atoms with E-state index in [1.165, 1.54) is 24.9 Å². The molecule has 0 saturated carbocycles. The van der Waals surface area contributed by atoms with Gasteiger partial charge in [-0.05, 0) is 43.7 Å². The van der Waals surface area contributed by atoms with E-state index in [-0.39, 0.29) is 12.1 Å². The summed E-state index contributed by atoms with van der Waals surface area (Å²) in [6.45, 7) is 5.14. The number of para-hydroxylation sites is 1. The zero-order chi connectivity index (χ0) is 16.5. The van der Waals surface area contributed by atoms with Crippen molar-refractivity contribution in [1.29, 1.82) is 0 Å². The summed E-state index contributed by atoms with van der Waals surface area (Å²) in [5, 5.41) is 15.2. The highest BCUT2D eigenvalue weighted by Crippen LogP contribution is 2.23. The highest BCUT2D eigenvalue weighted by atomic mass is 16.3. The summed E-state index contributed by atoms with van der Waals surface area (Å²) in [7, 11) is 0. The van der Waals surface area contributed by atoms with Crippen LogP contribution in [-0.2, 0) is 6.54 Å². The number of rotatable bonds is 7. The van der Waals surface area contributed by atoms with Crippen LogP contribution in [0.25, 0.3) is 0 Å². The minimum absolute atomic E-state index is 0.179. The minimum Gasteiger partial charge on any atom is -0.393 e. The predicted molar refractivity (Wildman–Crippen MR) is 93.7 cm³/mol. The fraction of sp³-hybridized carbons (Fsp3) is 0.611. The first kappa shape index (κ1) is 17.6. The van der Waals surface area contributed by atoms with E-state index in [0.29, 0.717) is 25.9 Å². The largest absolute Gasteiger partial charge is 0.393 e. The summed E-state index contributed by atoms with van der Waals surface area (Å²) in [4.78, 5) is 14.3. The topological polar surface area (TPSA) is 64.6 Å². The molecule has 5 heteroatoms. The molecule has 1 saturated heterocycles. The molecular weight excluding hydrogens is 290 g/mol. The van der Waals surface area contributed by atoms with Crippen molar-refractivity contribution in [3.8, 4) is 0 Å². The average molecular weight is 319 g/mol. The van der Waals surface area contributed by atoms with Crippen LogP contribution in [-0.4, -0.2) is 36.9 Å². The van der Waals surface area contributed by atoms with Gasteiger partial charge in [-0.2, -0.15) is 0 Å². The maximum Gasteiger partial charge on any atom is 0.315 e. The van der Waals surface area contributed by atoms with E-state index >= 15 is 0 Å². The van der Waals surface area contributed by atoms with Gasteiger partial charge in [0.25, 0.3) is 0 Å². The summed E-state index contributed by atoms with van der Waals surface area (Å²) in [5.74, 6) is 0. The number of aliphatic hydroxyl groups is 1. The zero-order valence-electron chi connectivity index (χ0n) is 14.1. The Morgan fingerprint density at radius 2 is 1.96 bits per heavy atom. The lowest BCUT2D eigenvalue weighted by Crippen LogP contribution is -2.37. The van der Waals surface area contributed by atoms with Crippen molar-refractivity contribution in [2.75, 3.05) is 24.5 Å². The molecule has 0 spiro atoms. The first-order valence-corrected chi connectivity index (χ1v) is 8.73. The molecule has 0 aromatic heterocycles. The van der Waals surface area contributed by atoms with Crippen LogP contribution in [0.5, 0.6) is 0 Å². The fourth-order valence-corrected chi connectivity index (χ4v) is 2.90. The molecule has 1 fully saturated rings. The molecule has 1 unspecified atom stereocenters. The smallest absolute Gasteiger partial charge is 0.315 e. The molecule has 2 amide bonds. The summed E-state index contributed by atoms with van der Waals surface area (Å²) < 4.78 is 0. The molecule has 5 nitrogen and oxygen atoms in total. The first-order valence-electron chi connectivity index (χ1n) is 8.73. The van der Waals surface area contributed by atoms with Crippen LogP contribution in [0.4, 0.5) is 10.5 Å². The van der Waals surface area contributed by atoms with Crippen LogP contribution in [0.2, 0.25) is 0 Å². The number of aliphatic hydroxyl groups excluding tert-OH is 1. The molecule has 23 heavy (non-hydrogen) atoms. The lowest BCUT2D eigenvalue weighted by atomic mass is 10.1. The molecule has 1 aliphatic heterocycles. The Kier molecular flexibility index (Phi) is 7.20. The van der Waals surface area contributed by atoms with E-state index < -0.39 is 0 Å². The van der Waals surface area contributed by atoms with Crippen molar-refractivity contribution >= 4 is 11.7 Å². The van der Waals surface area contributed by atoms with Crippen LogP contribution in [0.15, 0.2) is 24.3 Å². The van der Waals surface area contributed by atoms with E-state index in [0.717, 1.165) is 18.7 Å². The molecule has 2 rings (SSSR count). The summed E-state index contributed by atoms with van der Waals surface area (Å²) in [6.07, 6.45) is 4.75. The van der Waals surface area contributed by atoms with Crippen molar-refractivity contribution < 1.29 is 9.90 Å². The number of carbonyl (C=O) groups excluding carboxylic acids is 1. The van der Waals surface area contributed by atoms with Gasteiger partial charge in [-0.25, -0.2) is 4.79 Å². The van der Waals surface area contributed by atoms with Crippen molar-refractivity contribution in [2.24, 2.45) is 0 Å². The highest BCUT2D eigenvalue weighted by molar-refractivity contribution is 5.74. The van der Waals surface area contributed by atoms with E-state index in [1.807, 2.05) is 13.0 Å². The van der Waals surface area contributed by atoms with Gasteiger partial charge in [-0.3, -0.25) is 0 Å². The van der Waals surface area contributed by atoms with Gasteiger partial charge in [0.2, 0.25) is 0 Å². The fourth-order valence-electron chi connectivity index (χ4n) is 2.90. The quantitative estimate of drug-likeness (QED) is 0.724. The number of urea groups is 1. The Balaban J connectivity index is 1.82. The molecule has 3 N–H and O–H groups in total. The predicted octanol–water partition coefficient (Wildman–Crippen LogP) is 2.64. The van der Waals surface area contributed by atoms with Gasteiger partial charge in [0, 0.05) is 31.9 Å². The van der Waals surface area contributed by atoms with Gasteiger partial charge in [-0.15, -0.1) is 0 Å². The molecule has 1 atom stereocenters. The van der Waals surface area contributed by atoms with Crippen molar-refractivity contribution in [1.82, 2.24) is 10.6 Å². The molecule has 128 valence electrons. The standard InChI is InChI=1S/C18H29N3O2/c1-2-16(22)10-11-19-18(23)20-14-15-8-4-5-9-17(15)21-12-6-3-7-13-21/h4-5,8-9,16,22H,2-3,6-7,10-14H2,1H3,(H2,19,20,23). The average Bonchev–Trinajstić information content (AvgIpc) is 2.60. The van der Waals surface area contributed by atoms with Crippen molar-refractivity contribution in [3.05, 3.63) is 29.8 Å². The monoisotopic (exact) mass is 319 g/mol. The molecule has 1 aromatic rings. The molecule has 0 bridgehead atoms. The number of anilines is 1. The number of hydrogen-bond acceptors (Lipinski definition) is 3.